The van der Waals surface area contributed by atoms with Crippen molar-refractivity contribution < 1.29 is 14.0 Å². The smallest absolute Gasteiger partial charge is 0.256 e. The molecule has 0 aromatic heterocycles. The lowest BCUT2D eigenvalue weighted by Gasteiger charge is -2.21. The number of rotatable bonds is 3. The van der Waals surface area contributed by atoms with Gasteiger partial charge in [-0.15, -0.1) is 0 Å². The standard InChI is InChI=1S/C15H20FN3O2/c1-11-3-4-12(13(16)9-11)15(21)19-6-2-5-18(7-8-19)10-14(17)20/h3-4,9H,2,5-8,10H2,1H3,(H2,17,20). The molecule has 2 rings (SSSR count). The first-order chi connectivity index (χ1) is 9.97. The van der Waals surface area contributed by atoms with Crippen LogP contribution in [0.1, 0.15) is 22.3 Å². The molecule has 114 valence electrons. The van der Waals surface area contributed by atoms with Crippen LogP contribution in [0.25, 0.3) is 0 Å². The second kappa shape index (κ2) is 6.67. The van der Waals surface area contributed by atoms with Crippen LogP contribution in [0.4, 0.5) is 4.39 Å². The summed E-state index contributed by atoms with van der Waals surface area (Å²) in [7, 11) is 0. The van der Waals surface area contributed by atoms with Crippen molar-refractivity contribution in [3.05, 3.63) is 35.1 Å². The summed E-state index contributed by atoms with van der Waals surface area (Å²) in [4.78, 5) is 26.9. The van der Waals surface area contributed by atoms with Crippen molar-refractivity contribution in [3.63, 3.8) is 0 Å². The maximum absolute atomic E-state index is 13.9. The van der Waals surface area contributed by atoms with E-state index in [0.29, 0.717) is 26.2 Å². The second-order valence-corrected chi connectivity index (χ2v) is 5.37. The maximum Gasteiger partial charge on any atom is 0.256 e. The van der Waals surface area contributed by atoms with Crippen LogP contribution in [0.3, 0.4) is 0 Å². The van der Waals surface area contributed by atoms with Gasteiger partial charge in [0.05, 0.1) is 12.1 Å². The first-order valence-electron chi connectivity index (χ1n) is 7.03. The number of nitrogens with zero attached hydrogens (tertiary/aromatic N) is 2. The Hall–Kier alpha value is -1.95. The number of primary amides is 1. The van der Waals surface area contributed by atoms with Crippen LogP contribution < -0.4 is 5.73 Å². The molecule has 1 aromatic carbocycles. The summed E-state index contributed by atoms with van der Waals surface area (Å²) in [6.07, 6.45) is 0.743. The molecule has 1 heterocycles. The summed E-state index contributed by atoms with van der Waals surface area (Å²) in [5, 5.41) is 0. The summed E-state index contributed by atoms with van der Waals surface area (Å²) >= 11 is 0. The monoisotopic (exact) mass is 293 g/mol. The summed E-state index contributed by atoms with van der Waals surface area (Å²) < 4.78 is 13.9. The van der Waals surface area contributed by atoms with Crippen molar-refractivity contribution >= 4 is 11.8 Å². The van der Waals surface area contributed by atoms with E-state index in [1.807, 2.05) is 4.90 Å². The van der Waals surface area contributed by atoms with Crippen molar-refractivity contribution in [1.82, 2.24) is 9.80 Å². The van der Waals surface area contributed by atoms with E-state index in [9.17, 15) is 14.0 Å². The Balaban J connectivity index is 2.04. The van der Waals surface area contributed by atoms with E-state index in [1.54, 1.807) is 17.9 Å². The third-order valence-corrected chi connectivity index (χ3v) is 3.61. The number of halogens is 1. The number of hydrogen-bond acceptors (Lipinski definition) is 3. The first-order valence-corrected chi connectivity index (χ1v) is 7.03. The van der Waals surface area contributed by atoms with Gasteiger partial charge in [-0.1, -0.05) is 6.07 Å². The summed E-state index contributed by atoms with van der Waals surface area (Å²) in [6, 6.07) is 4.62. The molecule has 1 aromatic rings. The van der Waals surface area contributed by atoms with Crippen molar-refractivity contribution in [2.75, 3.05) is 32.7 Å². The van der Waals surface area contributed by atoms with Crippen molar-refractivity contribution in [2.24, 2.45) is 5.73 Å². The highest BCUT2D eigenvalue weighted by Crippen LogP contribution is 2.14. The first kappa shape index (κ1) is 15.4. The molecule has 2 amide bonds. The number of amides is 2. The van der Waals surface area contributed by atoms with E-state index in [-0.39, 0.29) is 23.9 Å². The third-order valence-electron chi connectivity index (χ3n) is 3.61. The molecule has 0 bridgehead atoms. The SMILES string of the molecule is Cc1ccc(C(=O)N2CCCN(CC(N)=O)CC2)c(F)c1. The Morgan fingerprint density at radius 1 is 1.24 bits per heavy atom. The second-order valence-electron chi connectivity index (χ2n) is 5.37. The van der Waals surface area contributed by atoms with Crippen LogP contribution in [-0.2, 0) is 4.79 Å². The highest BCUT2D eigenvalue weighted by molar-refractivity contribution is 5.94. The zero-order valence-electron chi connectivity index (χ0n) is 12.1. The van der Waals surface area contributed by atoms with Crippen LogP contribution in [-0.4, -0.2) is 54.3 Å². The molecular formula is C15H20FN3O2. The predicted molar refractivity (Wildman–Crippen MR) is 77.3 cm³/mol. The lowest BCUT2D eigenvalue weighted by Crippen LogP contribution is -2.38. The lowest BCUT2D eigenvalue weighted by molar-refractivity contribution is -0.119. The molecule has 6 heteroatoms. The molecule has 0 spiro atoms. The van der Waals surface area contributed by atoms with E-state index < -0.39 is 5.82 Å². The molecule has 1 fully saturated rings. The van der Waals surface area contributed by atoms with Crippen LogP contribution in [0, 0.1) is 12.7 Å². The Morgan fingerprint density at radius 3 is 2.67 bits per heavy atom. The van der Waals surface area contributed by atoms with E-state index in [2.05, 4.69) is 0 Å². The van der Waals surface area contributed by atoms with Gasteiger partial charge in [-0.3, -0.25) is 14.5 Å². The molecule has 5 nitrogen and oxygen atoms in total. The van der Waals surface area contributed by atoms with Gasteiger partial charge in [-0.2, -0.15) is 0 Å². The molecule has 1 saturated heterocycles. The quantitative estimate of drug-likeness (QED) is 0.895. The van der Waals surface area contributed by atoms with Crippen LogP contribution in [0.15, 0.2) is 18.2 Å². The number of benzene rings is 1. The predicted octanol–water partition coefficient (Wildman–Crippen LogP) is 0.767. The van der Waals surface area contributed by atoms with Gasteiger partial charge in [0, 0.05) is 26.2 Å². The summed E-state index contributed by atoms with van der Waals surface area (Å²) in [5.41, 5.74) is 6.07. The van der Waals surface area contributed by atoms with Crippen molar-refractivity contribution in [3.8, 4) is 0 Å². The van der Waals surface area contributed by atoms with Crippen molar-refractivity contribution in [2.45, 2.75) is 13.3 Å². The van der Waals surface area contributed by atoms with Gasteiger partial charge in [-0.05, 0) is 31.0 Å². The highest BCUT2D eigenvalue weighted by atomic mass is 19.1. The highest BCUT2D eigenvalue weighted by Gasteiger charge is 2.22. The molecule has 0 atom stereocenters. The van der Waals surface area contributed by atoms with Gasteiger partial charge in [0.1, 0.15) is 5.82 Å². The van der Waals surface area contributed by atoms with Crippen LogP contribution in [0.2, 0.25) is 0 Å². The molecule has 1 aliphatic rings. The van der Waals surface area contributed by atoms with Gasteiger partial charge in [0.2, 0.25) is 5.91 Å². The minimum atomic E-state index is -0.488. The fraction of sp³-hybridized carbons (Fsp3) is 0.467. The summed E-state index contributed by atoms with van der Waals surface area (Å²) in [6.45, 7) is 4.29. The van der Waals surface area contributed by atoms with Crippen LogP contribution >= 0.6 is 0 Å². The van der Waals surface area contributed by atoms with Gasteiger partial charge >= 0.3 is 0 Å². The molecule has 0 aliphatic carbocycles. The minimum absolute atomic E-state index is 0.101. The molecule has 0 radical (unpaired) electrons. The number of carbonyl (C=O) groups excluding carboxylic acids is 2. The lowest BCUT2D eigenvalue weighted by atomic mass is 10.1. The summed E-state index contributed by atoms with van der Waals surface area (Å²) in [5.74, 6) is -1.16. The largest absolute Gasteiger partial charge is 0.369 e. The average molecular weight is 293 g/mol. The third kappa shape index (κ3) is 4.01. The Kier molecular flexibility index (Phi) is 4.90. The fourth-order valence-corrected chi connectivity index (χ4v) is 2.52. The number of carbonyl (C=O) groups is 2. The molecule has 0 unspecified atom stereocenters. The molecular weight excluding hydrogens is 273 g/mol. The molecule has 0 saturated carbocycles. The molecule has 21 heavy (non-hydrogen) atoms. The average Bonchev–Trinajstić information content (AvgIpc) is 2.63. The minimum Gasteiger partial charge on any atom is -0.369 e. The Labute approximate surface area is 123 Å². The van der Waals surface area contributed by atoms with Gasteiger partial charge in [-0.25, -0.2) is 4.39 Å². The van der Waals surface area contributed by atoms with E-state index in [0.717, 1.165) is 12.0 Å². The van der Waals surface area contributed by atoms with E-state index in [1.165, 1.54) is 12.1 Å². The molecule has 1 aliphatic heterocycles. The van der Waals surface area contributed by atoms with E-state index >= 15 is 0 Å². The fourth-order valence-electron chi connectivity index (χ4n) is 2.52. The van der Waals surface area contributed by atoms with E-state index in [4.69, 9.17) is 5.73 Å². The van der Waals surface area contributed by atoms with Crippen molar-refractivity contribution in [1.29, 1.82) is 0 Å². The number of hydrogen-bond donors (Lipinski definition) is 1. The zero-order chi connectivity index (χ0) is 15.4. The number of aryl methyl sites for hydroxylation is 1. The topological polar surface area (TPSA) is 66.6 Å². The normalized spacial score (nSPS) is 16.6. The van der Waals surface area contributed by atoms with Gasteiger partial charge in [0.25, 0.3) is 5.91 Å². The number of nitrogens with two attached hydrogens (primary N) is 1. The maximum atomic E-state index is 13.9. The van der Waals surface area contributed by atoms with Gasteiger partial charge in [0.15, 0.2) is 0 Å². The zero-order valence-corrected chi connectivity index (χ0v) is 12.1. The van der Waals surface area contributed by atoms with Gasteiger partial charge < -0.3 is 10.6 Å². The Bertz CT molecular complexity index is 548. The van der Waals surface area contributed by atoms with Crippen LogP contribution in [0.5, 0.6) is 0 Å². The molecule has 2 N–H and O–H groups in total. The Morgan fingerprint density at radius 2 is 2.00 bits per heavy atom.